The first kappa shape index (κ1) is 10.7. The zero-order valence-electron chi connectivity index (χ0n) is 9.44. The predicted octanol–water partition coefficient (Wildman–Crippen LogP) is 3.57. The van der Waals surface area contributed by atoms with Gasteiger partial charge in [0.2, 0.25) is 0 Å². The Balaban J connectivity index is 2.53. The third kappa shape index (κ3) is 2.82. The van der Waals surface area contributed by atoms with E-state index >= 15 is 0 Å². The molecule has 0 amide bonds. The zero-order valence-corrected chi connectivity index (χ0v) is 9.44. The second-order valence-electron chi connectivity index (χ2n) is 5.87. The molecule has 1 heteroatoms. The summed E-state index contributed by atoms with van der Waals surface area (Å²) >= 11 is 0. The number of ketones is 1. The Morgan fingerprint density at radius 2 is 1.69 bits per heavy atom. The van der Waals surface area contributed by atoms with E-state index in [9.17, 15) is 4.79 Å². The molecule has 0 radical (unpaired) electrons. The number of rotatable bonds is 2. The summed E-state index contributed by atoms with van der Waals surface area (Å²) in [5.74, 6) is 0.428. The lowest BCUT2D eigenvalue weighted by Gasteiger charge is -2.27. The molecule has 0 N–H and O–H groups in total. The molecule has 1 rings (SSSR count). The van der Waals surface area contributed by atoms with Crippen LogP contribution in [0.2, 0.25) is 0 Å². The van der Waals surface area contributed by atoms with E-state index in [0.29, 0.717) is 11.2 Å². The summed E-state index contributed by atoms with van der Waals surface area (Å²) in [6.45, 7) is 8.33. The lowest BCUT2D eigenvalue weighted by molar-refractivity contribution is -0.128. The van der Waals surface area contributed by atoms with Crippen molar-refractivity contribution < 1.29 is 4.79 Å². The summed E-state index contributed by atoms with van der Waals surface area (Å²) in [5.41, 5.74) is 0.177. The van der Waals surface area contributed by atoms with Crippen LogP contribution in [0.5, 0.6) is 0 Å². The Morgan fingerprint density at radius 1 is 1.23 bits per heavy atom. The molecule has 0 saturated heterocycles. The van der Waals surface area contributed by atoms with Crippen LogP contribution in [0.4, 0.5) is 0 Å². The lowest BCUT2D eigenvalue weighted by atomic mass is 9.77. The highest BCUT2D eigenvalue weighted by Gasteiger charge is 2.34. The third-order valence-corrected chi connectivity index (χ3v) is 3.23. The topological polar surface area (TPSA) is 17.1 Å². The van der Waals surface area contributed by atoms with Gasteiger partial charge in [-0.1, -0.05) is 40.5 Å². The molecule has 1 nitrogen and oxygen atoms in total. The highest BCUT2D eigenvalue weighted by atomic mass is 16.1. The first-order chi connectivity index (χ1) is 5.83. The minimum absolute atomic E-state index is 0.147. The molecule has 1 aliphatic carbocycles. The maximum atomic E-state index is 11.8. The van der Waals surface area contributed by atoms with Crippen molar-refractivity contribution in [3.63, 3.8) is 0 Å². The molecule has 0 aromatic carbocycles. The Labute approximate surface area is 81.9 Å². The Morgan fingerprint density at radius 3 is 2.08 bits per heavy atom. The van der Waals surface area contributed by atoms with Gasteiger partial charge < -0.3 is 0 Å². The smallest absolute Gasteiger partial charge is 0.138 e. The molecule has 0 atom stereocenters. The fourth-order valence-electron chi connectivity index (χ4n) is 2.06. The van der Waals surface area contributed by atoms with E-state index in [-0.39, 0.29) is 5.41 Å². The predicted molar refractivity (Wildman–Crippen MR) is 55.7 cm³/mol. The maximum Gasteiger partial charge on any atom is 0.138 e. The molecule has 0 aliphatic heterocycles. The monoisotopic (exact) mass is 182 g/mol. The van der Waals surface area contributed by atoms with Crippen LogP contribution >= 0.6 is 0 Å². The van der Waals surface area contributed by atoms with Gasteiger partial charge in [-0.2, -0.15) is 0 Å². The third-order valence-electron chi connectivity index (χ3n) is 3.23. The van der Waals surface area contributed by atoms with Crippen LogP contribution in [0.15, 0.2) is 0 Å². The van der Waals surface area contributed by atoms with Gasteiger partial charge in [-0.3, -0.25) is 4.79 Å². The standard InChI is InChI=1S/C12H22O/c1-11(2,3)10(13)9-12(4)7-5-6-8-12/h5-9H2,1-4H3. The first-order valence-electron chi connectivity index (χ1n) is 5.37. The van der Waals surface area contributed by atoms with Gasteiger partial charge in [0.05, 0.1) is 0 Å². The quantitative estimate of drug-likeness (QED) is 0.638. The van der Waals surface area contributed by atoms with Crippen molar-refractivity contribution >= 4 is 5.78 Å². The SMILES string of the molecule is CC1(CC(=O)C(C)(C)C)CCCC1. The van der Waals surface area contributed by atoms with Crippen LogP contribution in [0.1, 0.15) is 59.8 Å². The van der Waals surface area contributed by atoms with Gasteiger partial charge in [-0.25, -0.2) is 0 Å². The average Bonchev–Trinajstić information content (AvgIpc) is 2.33. The van der Waals surface area contributed by atoms with Crippen LogP contribution in [-0.4, -0.2) is 5.78 Å². The Bertz CT molecular complexity index is 192. The van der Waals surface area contributed by atoms with Gasteiger partial charge in [-0.05, 0) is 18.3 Å². The van der Waals surface area contributed by atoms with Crippen LogP contribution in [0.3, 0.4) is 0 Å². The largest absolute Gasteiger partial charge is 0.299 e. The van der Waals surface area contributed by atoms with Crippen molar-refractivity contribution in [1.82, 2.24) is 0 Å². The number of carbonyl (C=O) groups excluding carboxylic acids is 1. The minimum Gasteiger partial charge on any atom is -0.299 e. The fourth-order valence-corrected chi connectivity index (χ4v) is 2.06. The Hall–Kier alpha value is -0.330. The van der Waals surface area contributed by atoms with Crippen LogP contribution in [0, 0.1) is 10.8 Å². The second-order valence-corrected chi connectivity index (χ2v) is 5.87. The molecule has 0 bridgehead atoms. The first-order valence-corrected chi connectivity index (χ1v) is 5.37. The minimum atomic E-state index is -0.147. The summed E-state index contributed by atoms with van der Waals surface area (Å²) in [6.07, 6.45) is 5.90. The number of Topliss-reactive ketones (excluding diaryl/α,β-unsaturated/α-hetero) is 1. The molecular weight excluding hydrogens is 160 g/mol. The van der Waals surface area contributed by atoms with E-state index in [4.69, 9.17) is 0 Å². The molecule has 0 aromatic heterocycles. The van der Waals surface area contributed by atoms with Crippen molar-refractivity contribution in [3.05, 3.63) is 0 Å². The molecule has 0 heterocycles. The molecule has 1 saturated carbocycles. The number of carbonyl (C=O) groups is 1. The number of hydrogen-bond donors (Lipinski definition) is 0. The summed E-state index contributed by atoms with van der Waals surface area (Å²) in [7, 11) is 0. The number of hydrogen-bond acceptors (Lipinski definition) is 1. The molecule has 13 heavy (non-hydrogen) atoms. The van der Waals surface area contributed by atoms with E-state index in [0.717, 1.165) is 6.42 Å². The summed E-state index contributed by atoms with van der Waals surface area (Å²) in [5, 5.41) is 0. The van der Waals surface area contributed by atoms with E-state index in [1.54, 1.807) is 0 Å². The van der Waals surface area contributed by atoms with E-state index in [1.807, 2.05) is 20.8 Å². The van der Waals surface area contributed by atoms with Crippen molar-refractivity contribution in [2.24, 2.45) is 10.8 Å². The van der Waals surface area contributed by atoms with Gasteiger partial charge in [0.15, 0.2) is 0 Å². The molecule has 0 aromatic rings. The van der Waals surface area contributed by atoms with Crippen molar-refractivity contribution in [1.29, 1.82) is 0 Å². The van der Waals surface area contributed by atoms with Crippen LogP contribution in [-0.2, 0) is 4.79 Å². The maximum absolute atomic E-state index is 11.8. The van der Waals surface area contributed by atoms with E-state index < -0.39 is 0 Å². The molecule has 1 aliphatic rings. The molecule has 76 valence electrons. The summed E-state index contributed by atoms with van der Waals surface area (Å²) in [6, 6.07) is 0. The summed E-state index contributed by atoms with van der Waals surface area (Å²) in [4.78, 5) is 11.8. The highest BCUT2D eigenvalue weighted by molar-refractivity contribution is 5.84. The summed E-state index contributed by atoms with van der Waals surface area (Å²) < 4.78 is 0. The van der Waals surface area contributed by atoms with Gasteiger partial charge in [0.25, 0.3) is 0 Å². The molecule has 0 unspecified atom stereocenters. The molecular formula is C12H22O. The fraction of sp³-hybridized carbons (Fsp3) is 0.917. The van der Waals surface area contributed by atoms with Gasteiger partial charge in [0, 0.05) is 11.8 Å². The van der Waals surface area contributed by atoms with Crippen molar-refractivity contribution in [2.45, 2.75) is 59.8 Å². The molecule has 0 spiro atoms. The average molecular weight is 182 g/mol. The normalized spacial score (nSPS) is 21.8. The highest BCUT2D eigenvalue weighted by Crippen LogP contribution is 2.42. The van der Waals surface area contributed by atoms with Crippen molar-refractivity contribution in [3.8, 4) is 0 Å². The van der Waals surface area contributed by atoms with Crippen LogP contribution < -0.4 is 0 Å². The molecule has 1 fully saturated rings. The van der Waals surface area contributed by atoms with Crippen molar-refractivity contribution in [2.75, 3.05) is 0 Å². The zero-order chi connectivity index (χ0) is 10.1. The van der Waals surface area contributed by atoms with E-state index in [1.165, 1.54) is 25.7 Å². The van der Waals surface area contributed by atoms with E-state index in [2.05, 4.69) is 6.92 Å². The van der Waals surface area contributed by atoms with Gasteiger partial charge in [0.1, 0.15) is 5.78 Å². The second kappa shape index (κ2) is 3.43. The van der Waals surface area contributed by atoms with Gasteiger partial charge in [-0.15, -0.1) is 0 Å². The van der Waals surface area contributed by atoms with Crippen LogP contribution in [0.25, 0.3) is 0 Å². The lowest BCUT2D eigenvalue weighted by Crippen LogP contribution is -2.26. The van der Waals surface area contributed by atoms with Gasteiger partial charge >= 0.3 is 0 Å². The Kier molecular flexibility index (Phi) is 2.84.